The average Bonchev–Trinajstić information content (AvgIpc) is 2.41. The molecule has 1 aromatic carbocycles. The van der Waals surface area contributed by atoms with Gasteiger partial charge in [0.15, 0.2) is 0 Å². The van der Waals surface area contributed by atoms with Gasteiger partial charge in [-0.1, -0.05) is 37.3 Å². The number of rotatable bonds is 4. The Morgan fingerprint density at radius 2 is 2.00 bits per heavy atom. The molecule has 0 amide bonds. The minimum absolute atomic E-state index is 0.404. The van der Waals surface area contributed by atoms with Gasteiger partial charge in [0.25, 0.3) is 0 Å². The van der Waals surface area contributed by atoms with Gasteiger partial charge < -0.3 is 9.72 Å². The summed E-state index contributed by atoms with van der Waals surface area (Å²) in [5.41, 5.74) is 2.18. The Kier molecular flexibility index (Phi) is 4.10. The van der Waals surface area contributed by atoms with E-state index in [1.165, 1.54) is 0 Å². The molecular formula is C14H16N2OS. The molecule has 0 saturated carbocycles. The van der Waals surface area contributed by atoms with E-state index < -0.39 is 0 Å². The number of hydrogen-bond acceptors (Lipinski definition) is 3. The van der Waals surface area contributed by atoms with Crippen molar-refractivity contribution in [3.8, 4) is 5.75 Å². The molecule has 2 rings (SSSR count). The fourth-order valence-electron chi connectivity index (χ4n) is 1.72. The van der Waals surface area contributed by atoms with Crippen molar-refractivity contribution >= 4 is 12.2 Å². The van der Waals surface area contributed by atoms with E-state index in [-0.39, 0.29) is 0 Å². The van der Waals surface area contributed by atoms with Gasteiger partial charge in [-0.3, -0.25) is 0 Å². The van der Waals surface area contributed by atoms with Crippen LogP contribution in [0, 0.1) is 11.6 Å². The highest BCUT2D eigenvalue weighted by molar-refractivity contribution is 7.71. The first kappa shape index (κ1) is 12.8. The van der Waals surface area contributed by atoms with Gasteiger partial charge in [0.05, 0.1) is 0 Å². The summed E-state index contributed by atoms with van der Waals surface area (Å²) in [4.78, 5) is 7.60. The third kappa shape index (κ3) is 2.96. The van der Waals surface area contributed by atoms with Crippen molar-refractivity contribution in [3.05, 3.63) is 52.1 Å². The molecule has 0 fully saturated rings. The Morgan fingerprint density at radius 3 is 2.67 bits per heavy atom. The molecule has 0 aliphatic heterocycles. The van der Waals surface area contributed by atoms with Crippen molar-refractivity contribution in [2.75, 3.05) is 0 Å². The maximum Gasteiger partial charge on any atom is 0.146 e. The molecule has 1 N–H and O–H groups in total. The Morgan fingerprint density at radius 1 is 1.28 bits per heavy atom. The van der Waals surface area contributed by atoms with Crippen molar-refractivity contribution in [2.24, 2.45) is 0 Å². The first-order chi connectivity index (χ1) is 8.70. The van der Waals surface area contributed by atoms with Crippen LogP contribution in [0.4, 0.5) is 0 Å². The van der Waals surface area contributed by atoms with Gasteiger partial charge in [-0.05, 0) is 25.5 Å². The number of hydrogen-bond donors (Lipinski definition) is 1. The summed E-state index contributed by atoms with van der Waals surface area (Å²) in [7, 11) is 0. The Labute approximate surface area is 112 Å². The normalized spacial score (nSPS) is 10.3. The minimum atomic E-state index is 0.404. The van der Waals surface area contributed by atoms with Crippen LogP contribution in [0.1, 0.15) is 24.0 Å². The van der Waals surface area contributed by atoms with Gasteiger partial charge in [0.2, 0.25) is 0 Å². The molecule has 0 aliphatic carbocycles. The first-order valence-electron chi connectivity index (χ1n) is 5.97. The van der Waals surface area contributed by atoms with E-state index in [1.54, 1.807) is 0 Å². The third-order valence-corrected chi connectivity index (χ3v) is 3.17. The number of H-pyrrole nitrogens is 1. The summed E-state index contributed by atoms with van der Waals surface area (Å²) >= 11 is 5.24. The second-order valence-corrected chi connectivity index (χ2v) is 4.43. The lowest BCUT2D eigenvalue weighted by molar-refractivity contribution is 0.295. The maximum absolute atomic E-state index is 5.65. The topological polar surface area (TPSA) is 37.9 Å². The fraction of sp³-hybridized carbons (Fsp3) is 0.286. The summed E-state index contributed by atoms with van der Waals surface area (Å²) < 4.78 is 6.30. The molecule has 1 heterocycles. The van der Waals surface area contributed by atoms with Crippen LogP contribution >= 0.6 is 12.2 Å². The van der Waals surface area contributed by atoms with Crippen molar-refractivity contribution in [2.45, 2.75) is 26.9 Å². The molecule has 18 heavy (non-hydrogen) atoms. The monoisotopic (exact) mass is 260 g/mol. The van der Waals surface area contributed by atoms with Crippen LogP contribution in [0.25, 0.3) is 0 Å². The Hall–Kier alpha value is -1.68. The minimum Gasteiger partial charge on any atom is -0.486 e. The predicted octanol–water partition coefficient (Wildman–Crippen LogP) is 3.59. The molecule has 3 nitrogen and oxygen atoms in total. The lowest BCUT2D eigenvalue weighted by Gasteiger charge is -2.09. The lowest BCUT2D eigenvalue weighted by Crippen LogP contribution is -2.06. The number of para-hydroxylation sites is 1. The van der Waals surface area contributed by atoms with Crippen LogP contribution in [0.15, 0.2) is 30.3 Å². The zero-order valence-electron chi connectivity index (χ0n) is 10.6. The van der Waals surface area contributed by atoms with Gasteiger partial charge >= 0.3 is 0 Å². The van der Waals surface area contributed by atoms with Crippen molar-refractivity contribution in [3.63, 3.8) is 0 Å². The van der Waals surface area contributed by atoms with E-state index in [2.05, 4.69) is 16.9 Å². The highest BCUT2D eigenvalue weighted by Gasteiger charge is 2.04. The second kappa shape index (κ2) is 5.78. The van der Waals surface area contributed by atoms with Crippen LogP contribution in [0.3, 0.4) is 0 Å². The van der Waals surface area contributed by atoms with E-state index in [0.29, 0.717) is 11.2 Å². The molecule has 0 saturated heterocycles. The molecule has 0 unspecified atom stereocenters. The van der Waals surface area contributed by atoms with E-state index in [9.17, 15) is 0 Å². The number of benzene rings is 1. The Balaban J connectivity index is 2.15. The molecular weight excluding hydrogens is 244 g/mol. The van der Waals surface area contributed by atoms with Gasteiger partial charge in [0, 0.05) is 11.3 Å². The van der Waals surface area contributed by atoms with Crippen LogP contribution in [-0.2, 0) is 13.0 Å². The van der Waals surface area contributed by atoms with Crippen LogP contribution in [0.2, 0.25) is 0 Å². The first-order valence-corrected chi connectivity index (χ1v) is 6.38. The second-order valence-electron chi connectivity index (χ2n) is 4.05. The molecule has 94 valence electrons. The summed E-state index contributed by atoms with van der Waals surface area (Å²) in [5, 5.41) is 0. The summed E-state index contributed by atoms with van der Waals surface area (Å²) in [6.07, 6.45) is 0.913. The number of ether oxygens (including phenoxy) is 1. The predicted molar refractivity (Wildman–Crippen MR) is 74.3 cm³/mol. The SMILES string of the molecule is CCc1[nH]c(COc2ccccc2)nc(=S)c1C. The smallest absolute Gasteiger partial charge is 0.146 e. The molecule has 0 radical (unpaired) electrons. The standard InChI is InChI=1S/C14H16N2OS/c1-3-12-10(2)14(18)16-13(15-12)9-17-11-7-5-4-6-8-11/h4-8H,3,9H2,1-2H3,(H,15,16,18). The largest absolute Gasteiger partial charge is 0.486 e. The quantitative estimate of drug-likeness (QED) is 0.854. The van der Waals surface area contributed by atoms with Crippen molar-refractivity contribution < 1.29 is 4.74 Å². The summed E-state index contributed by atoms with van der Waals surface area (Å²) in [6, 6.07) is 9.68. The molecule has 4 heteroatoms. The lowest BCUT2D eigenvalue weighted by atomic mass is 10.2. The maximum atomic E-state index is 5.65. The molecule has 0 spiro atoms. The zero-order valence-corrected chi connectivity index (χ0v) is 11.4. The van der Waals surface area contributed by atoms with Gasteiger partial charge in [0.1, 0.15) is 22.8 Å². The molecule has 2 aromatic rings. The van der Waals surface area contributed by atoms with E-state index in [4.69, 9.17) is 17.0 Å². The number of aryl methyl sites for hydroxylation is 1. The van der Waals surface area contributed by atoms with Crippen molar-refractivity contribution in [1.29, 1.82) is 0 Å². The van der Waals surface area contributed by atoms with Gasteiger partial charge in [-0.2, -0.15) is 0 Å². The van der Waals surface area contributed by atoms with Crippen LogP contribution in [0.5, 0.6) is 5.75 Å². The van der Waals surface area contributed by atoms with E-state index in [1.807, 2.05) is 37.3 Å². The average molecular weight is 260 g/mol. The van der Waals surface area contributed by atoms with Gasteiger partial charge in [-0.25, -0.2) is 4.98 Å². The fourth-order valence-corrected chi connectivity index (χ4v) is 1.96. The van der Waals surface area contributed by atoms with Gasteiger partial charge in [-0.15, -0.1) is 0 Å². The van der Waals surface area contributed by atoms with E-state index in [0.717, 1.165) is 29.3 Å². The third-order valence-electron chi connectivity index (χ3n) is 2.78. The van der Waals surface area contributed by atoms with Crippen molar-refractivity contribution in [1.82, 2.24) is 9.97 Å². The number of nitrogens with zero attached hydrogens (tertiary/aromatic N) is 1. The number of aromatic amines is 1. The number of nitrogens with one attached hydrogen (secondary N) is 1. The molecule has 0 aliphatic rings. The molecule has 0 atom stereocenters. The molecule has 1 aromatic heterocycles. The highest BCUT2D eigenvalue weighted by Crippen LogP contribution is 2.12. The van der Waals surface area contributed by atoms with Crippen LogP contribution < -0.4 is 4.74 Å². The van der Waals surface area contributed by atoms with Crippen LogP contribution in [-0.4, -0.2) is 9.97 Å². The van der Waals surface area contributed by atoms with E-state index >= 15 is 0 Å². The highest BCUT2D eigenvalue weighted by atomic mass is 32.1. The molecule has 0 bridgehead atoms. The summed E-state index contributed by atoms with van der Waals surface area (Å²) in [5.74, 6) is 1.60. The summed E-state index contributed by atoms with van der Waals surface area (Å²) in [6.45, 7) is 4.49. The number of aromatic nitrogens is 2. The zero-order chi connectivity index (χ0) is 13.0. The Bertz CT molecular complexity index is 578.